The maximum atomic E-state index is 13.9. The molecule has 1 aliphatic heterocycles. The van der Waals surface area contributed by atoms with Crippen molar-refractivity contribution in [2.24, 2.45) is 13.0 Å². The molecule has 35 heavy (non-hydrogen) atoms. The van der Waals surface area contributed by atoms with Gasteiger partial charge in [-0.25, -0.2) is 0 Å². The minimum atomic E-state index is -0.156. The number of carbonyl (C=O) groups is 1. The molecule has 8 heteroatoms. The Kier molecular flexibility index (Phi) is 9.99. The number of hydrogen-bond acceptors (Lipinski definition) is 4. The van der Waals surface area contributed by atoms with Crippen LogP contribution in [-0.4, -0.2) is 48.2 Å². The third-order valence-corrected chi connectivity index (χ3v) is 8.11. The highest BCUT2D eigenvalue weighted by molar-refractivity contribution is 9.10. The van der Waals surface area contributed by atoms with Crippen molar-refractivity contribution in [2.45, 2.75) is 57.5 Å². The van der Waals surface area contributed by atoms with E-state index in [1.807, 2.05) is 12.3 Å². The van der Waals surface area contributed by atoms with E-state index in [9.17, 15) is 9.59 Å². The zero-order valence-corrected chi connectivity index (χ0v) is 23.3. The Morgan fingerprint density at radius 1 is 1.26 bits per heavy atom. The molecule has 0 unspecified atom stereocenters. The Hall–Kier alpha value is -1.67. The van der Waals surface area contributed by atoms with Gasteiger partial charge >= 0.3 is 0 Å². The molecule has 192 valence electrons. The van der Waals surface area contributed by atoms with E-state index in [2.05, 4.69) is 45.2 Å². The van der Waals surface area contributed by atoms with Gasteiger partial charge < -0.3 is 19.5 Å². The van der Waals surface area contributed by atoms with Crippen LogP contribution in [0, 0.1) is 12.8 Å². The lowest BCUT2D eigenvalue weighted by molar-refractivity contribution is -0.138. The first-order chi connectivity index (χ1) is 16.4. The lowest BCUT2D eigenvalue weighted by Gasteiger charge is -2.36. The molecule has 1 aromatic heterocycles. The number of aryl methyl sites for hydroxylation is 2. The van der Waals surface area contributed by atoms with Gasteiger partial charge in [0.25, 0.3) is 5.56 Å². The quantitative estimate of drug-likeness (QED) is 0.459. The number of rotatable bonds is 9. The summed E-state index contributed by atoms with van der Waals surface area (Å²) in [5.41, 5.74) is 4.69. The summed E-state index contributed by atoms with van der Waals surface area (Å²) in [7, 11) is 3.49. The zero-order chi connectivity index (χ0) is 24.2. The molecule has 1 saturated carbocycles. The molecule has 0 bridgehead atoms. The van der Waals surface area contributed by atoms with Gasteiger partial charge in [-0.15, -0.1) is 12.4 Å². The van der Waals surface area contributed by atoms with Crippen LogP contribution >= 0.6 is 28.3 Å². The summed E-state index contributed by atoms with van der Waals surface area (Å²) in [6.07, 6.45) is 6.74. The average molecular weight is 567 g/mol. The van der Waals surface area contributed by atoms with Crippen LogP contribution in [0.25, 0.3) is 0 Å². The molecule has 2 fully saturated rings. The molecule has 4 rings (SSSR count). The van der Waals surface area contributed by atoms with Crippen molar-refractivity contribution in [3.63, 3.8) is 0 Å². The summed E-state index contributed by atoms with van der Waals surface area (Å²) in [6.45, 7) is 5.03. The highest BCUT2D eigenvalue weighted by Gasteiger charge is 2.40. The summed E-state index contributed by atoms with van der Waals surface area (Å²) >= 11 is 3.74. The number of benzene rings is 1. The fourth-order valence-corrected chi connectivity index (χ4v) is 5.60. The van der Waals surface area contributed by atoms with E-state index >= 15 is 0 Å². The van der Waals surface area contributed by atoms with Crippen molar-refractivity contribution in [3.8, 4) is 0 Å². The SMILES string of the molecule is COCCCc1cc(CN(C(=O)[C@H]2CNCC[C@H]2c2ccn(C)c(=O)c2)C2CC2)cc(Br)c1C.Cl. The summed E-state index contributed by atoms with van der Waals surface area (Å²) in [5.74, 6) is 0.118. The number of piperidine rings is 1. The van der Waals surface area contributed by atoms with Crippen LogP contribution in [0.3, 0.4) is 0 Å². The predicted octanol–water partition coefficient (Wildman–Crippen LogP) is 4.34. The number of nitrogens with zero attached hydrogens (tertiary/aromatic N) is 2. The van der Waals surface area contributed by atoms with Gasteiger partial charge in [-0.1, -0.05) is 22.0 Å². The average Bonchev–Trinajstić information content (AvgIpc) is 3.67. The molecule has 0 radical (unpaired) electrons. The van der Waals surface area contributed by atoms with Crippen molar-refractivity contribution in [3.05, 3.63) is 67.5 Å². The van der Waals surface area contributed by atoms with E-state index in [0.29, 0.717) is 19.1 Å². The summed E-state index contributed by atoms with van der Waals surface area (Å²) in [5, 5.41) is 3.42. The molecule has 2 atom stereocenters. The number of carbonyl (C=O) groups excluding carboxylic acids is 1. The molecule has 1 saturated heterocycles. The second kappa shape index (κ2) is 12.5. The van der Waals surface area contributed by atoms with Gasteiger partial charge in [-0.3, -0.25) is 9.59 Å². The Labute approximate surface area is 223 Å². The van der Waals surface area contributed by atoms with Crippen LogP contribution in [0.15, 0.2) is 39.7 Å². The first-order valence-corrected chi connectivity index (χ1v) is 13.1. The molecule has 1 aliphatic carbocycles. The van der Waals surface area contributed by atoms with Crippen molar-refractivity contribution >= 4 is 34.2 Å². The number of nitrogens with one attached hydrogen (secondary N) is 1. The molecular weight excluding hydrogens is 530 g/mol. The van der Waals surface area contributed by atoms with Gasteiger partial charge in [-0.2, -0.15) is 0 Å². The predicted molar refractivity (Wildman–Crippen MR) is 145 cm³/mol. The fourth-order valence-electron chi connectivity index (χ4n) is 5.05. The van der Waals surface area contributed by atoms with E-state index in [1.165, 1.54) is 16.7 Å². The molecule has 1 N–H and O–H groups in total. The van der Waals surface area contributed by atoms with Crippen LogP contribution in [0.5, 0.6) is 0 Å². The normalized spacial score (nSPS) is 19.8. The number of aromatic nitrogens is 1. The van der Waals surface area contributed by atoms with Crippen LogP contribution < -0.4 is 10.9 Å². The number of ether oxygens (including phenoxy) is 1. The lowest BCUT2D eigenvalue weighted by atomic mass is 9.80. The molecule has 6 nitrogen and oxygen atoms in total. The maximum absolute atomic E-state index is 13.9. The number of methoxy groups -OCH3 is 1. The Morgan fingerprint density at radius 2 is 2.03 bits per heavy atom. The van der Waals surface area contributed by atoms with Gasteiger partial charge in [0.1, 0.15) is 0 Å². The molecule has 2 heterocycles. The van der Waals surface area contributed by atoms with Crippen LogP contribution in [-0.2, 0) is 29.5 Å². The smallest absolute Gasteiger partial charge is 0.250 e. The first kappa shape index (κ1) is 27.9. The standard InChI is InChI=1S/C27H36BrN3O3.ClH/c1-18-20(5-4-12-34-3)13-19(14-25(18)28)17-31(22-6-7-22)27(33)24-16-29-10-8-23(24)21-9-11-30(2)26(32)15-21;/h9,11,13-15,22-24,29H,4-8,10,12,16-17H2,1-3H3;1H/t23-,24-;/m0./s1. The van der Waals surface area contributed by atoms with E-state index < -0.39 is 0 Å². The van der Waals surface area contributed by atoms with Crippen LogP contribution in [0.2, 0.25) is 0 Å². The van der Waals surface area contributed by atoms with E-state index in [0.717, 1.165) is 55.3 Å². The van der Waals surface area contributed by atoms with E-state index in [-0.39, 0.29) is 35.7 Å². The molecule has 1 amide bonds. The number of amides is 1. The van der Waals surface area contributed by atoms with Gasteiger partial charge in [0.05, 0.1) is 5.92 Å². The monoisotopic (exact) mass is 565 g/mol. The van der Waals surface area contributed by atoms with E-state index in [4.69, 9.17) is 4.74 Å². The third kappa shape index (κ3) is 6.76. The molecule has 2 aromatic rings. The fraction of sp³-hybridized carbons (Fsp3) is 0.556. The molecule has 0 spiro atoms. The lowest BCUT2D eigenvalue weighted by Crippen LogP contribution is -2.47. The van der Waals surface area contributed by atoms with E-state index in [1.54, 1.807) is 24.8 Å². The topological polar surface area (TPSA) is 63.6 Å². The van der Waals surface area contributed by atoms with Gasteiger partial charge in [-0.05, 0) is 85.9 Å². The highest BCUT2D eigenvalue weighted by Crippen LogP contribution is 2.36. The largest absolute Gasteiger partial charge is 0.385 e. The maximum Gasteiger partial charge on any atom is 0.250 e. The second-order valence-corrected chi connectivity index (χ2v) is 10.6. The summed E-state index contributed by atoms with van der Waals surface area (Å²) < 4.78 is 7.91. The number of pyridine rings is 1. The van der Waals surface area contributed by atoms with Gasteiger partial charge in [0, 0.05) is 56.6 Å². The minimum absolute atomic E-state index is 0. The Morgan fingerprint density at radius 3 is 2.71 bits per heavy atom. The van der Waals surface area contributed by atoms with Crippen LogP contribution in [0.4, 0.5) is 0 Å². The number of halogens is 2. The molecule has 1 aromatic carbocycles. The summed E-state index contributed by atoms with van der Waals surface area (Å²) in [6, 6.07) is 8.45. The van der Waals surface area contributed by atoms with Gasteiger partial charge in [0.2, 0.25) is 5.91 Å². The van der Waals surface area contributed by atoms with Crippen molar-refractivity contribution < 1.29 is 9.53 Å². The Bertz CT molecular complexity index is 1090. The molecular formula is C27H37BrClN3O3. The summed E-state index contributed by atoms with van der Waals surface area (Å²) in [4.78, 5) is 28.3. The van der Waals surface area contributed by atoms with Crippen LogP contribution in [0.1, 0.15) is 53.9 Å². The zero-order valence-electron chi connectivity index (χ0n) is 20.9. The highest BCUT2D eigenvalue weighted by atomic mass is 79.9. The molecule has 2 aliphatic rings. The minimum Gasteiger partial charge on any atom is -0.385 e. The second-order valence-electron chi connectivity index (χ2n) is 9.77. The van der Waals surface area contributed by atoms with Crippen molar-refractivity contribution in [1.82, 2.24) is 14.8 Å². The number of hydrogen-bond donors (Lipinski definition) is 1. The third-order valence-electron chi connectivity index (χ3n) is 7.29. The van der Waals surface area contributed by atoms with Crippen molar-refractivity contribution in [2.75, 3.05) is 26.8 Å². The first-order valence-electron chi connectivity index (χ1n) is 12.3. The van der Waals surface area contributed by atoms with Gasteiger partial charge in [0.15, 0.2) is 0 Å². The Balaban J connectivity index is 0.00000342. The van der Waals surface area contributed by atoms with Crippen molar-refractivity contribution in [1.29, 1.82) is 0 Å².